The van der Waals surface area contributed by atoms with Gasteiger partial charge in [0.25, 0.3) is 0 Å². The Balaban J connectivity index is 0.00000243. The average molecular weight is 420 g/mol. The highest BCUT2D eigenvalue weighted by molar-refractivity contribution is 8.93. The Morgan fingerprint density at radius 1 is 0.731 bits per heavy atom. The fraction of sp³-hybridized carbons (Fsp3) is 0.250. The number of hydrogen-bond acceptors (Lipinski definition) is 5. The first-order chi connectivity index (χ1) is 12.2. The number of hydrogen-bond donors (Lipinski definition) is 0. The van der Waals surface area contributed by atoms with Crippen LogP contribution in [0, 0.1) is 0 Å². The summed E-state index contributed by atoms with van der Waals surface area (Å²) in [5.74, 6) is 2.82. The molecule has 1 aromatic heterocycles. The zero-order valence-corrected chi connectivity index (χ0v) is 17.0. The van der Waals surface area contributed by atoms with Gasteiger partial charge in [-0.2, -0.15) is 0 Å². The lowest BCUT2D eigenvalue weighted by Crippen LogP contribution is -1.97. The molecule has 0 radical (unpaired) electrons. The van der Waals surface area contributed by atoms with E-state index in [1.165, 1.54) is 0 Å². The normalized spacial score (nSPS) is 10.2. The van der Waals surface area contributed by atoms with E-state index in [0.717, 1.165) is 22.0 Å². The Kier molecular flexibility index (Phi) is 6.69. The second-order valence-corrected chi connectivity index (χ2v) is 5.55. The molecule has 0 aliphatic rings. The molecule has 0 unspecified atom stereocenters. The van der Waals surface area contributed by atoms with Crippen LogP contribution in [0.25, 0.3) is 10.8 Å². The molecule has 0 aliphatic heterocycles. The zero-order valence-electron chi connectivity index (χ0n) is 15.2. The Morgan fingerprint density at radius 3 is 2.00 bits per heavy atom. The molecule has 0 atom stereocenters. The molecule has 3 rings (SSSR count). The van der Waals surface area contributed by atoms with Gasteiger partial charge in [-0.25, -0.2) is 0 Å². The molecule has 0 aliphatic carbocycles. The molecule has 0 saturated carbocycles. The molecule has 0 bridgehead atoms. The van der Waals surface area contributed by atoms with Gasteiger partial charge in [0.2, 0.25) is 0 Å². The average Bonchev–Trinajstić information content (AvgIpc) is 2.66. The molecule has 26 heavy (non-hydrogen) atoms. The van der Waals surface area contributed by atoms with E-state index in [4.69, 9.17) is 18.9 Å². The third-order valence-electron chi connectivity index (χ3n) is 4.17. The topological polar surface area (TPSA) is 49.8 Å². The second kappa shape index (κ2) is 8.76. The standard InChI is InChI=1S/C20H21NO4.BrH/c1-22-17-6-5-13(10-18(17)23-2)9-16-15-12-20(25-4)19(24-3)11-14(15)7-8-21-16;/h5-8,10-12H,9H2,1-4H3;1H. The Hall–Kier alpha value is -2.47. The minimum absolute atomic E-state index is 0. The SMILES string of the molecule is Br.COc1ccc(Cc2nccc3cc(OC)c(OC)cc23)cc1OC. The molecule has 3 aromatic rings. The smallest absolute Gasteiger partial charge is 0.161 e. The van der Waals surface area contributed by atoms with Crippen LogP contribution in [0.2, 0.25) is 0 Å². The third-order valence-corrected chi connectivity index (χ3v) is 4.17. The van der Waals surface area contributed by atoms with Crippen molar-refractivity contribution in [3.8, 4) is 23.0 Å². The van der Waals surface area contributed by atoms with Gasteiger partial charge < -0.3 is 18.9 Å². The van der Waals surface area contributed by atoms with Crippen LogP contribution in [0.3, 0.4) is 0 Å². The van der Waals surface area contributed by atoms with Gasteiger partial charge in [0.05, 0.1) is 34.1 Å². The maximum Gasteiger partial charge on any atom is 0.161 e. The lowest BCUT2D eigenvalue weighted by Gasteiger charge is -2.12. The van der Waals surface area contributed by atoms with E-state index in [0.29, 0.717) is 29.4 Å². The summed E-state index contributed by atoms with van der Waals surface area (Å²) in [6.07, 6.45) is 2.48. The summed E-state index contributed by atoms with van der Waals surface area (Å²) in [6, 6.07) is 11.8. The van der Waals surface area contributed by atoms with Crippen molar-refractivity contribution in [2.75, 3.05) is 28.4 Å². The highest BCUT2D eigenvalue weighted by Crippen LogP contribution is 2.34. The first-order valence-electron chi connectivity index (χ1n) is 7.90. The number of halogens is 1. The number of fused-ring (bicyclic) bond motifs is 1. The van der Waals surface area contributed by atoms with Crippen molar-refractivity contribution < 1.29 is 18.9 Å². The first-order valence-corrected chi connectivity index (χ1v) is 7.90. The van der Waals surface area contributed by atoms with E-state index < -0.39 is 0 Å². The fourth-order valence-electron chi connectivity index (χ4n) is 2.88. The Morgan fingerprint density at radius 2 is 1.35 bits per heavy atom. The summed E-state index contributed by atoms with van der Waals surface area (Å²) < 4.78 is 21.5. The summed E-state index contributed by atoms with van der Waals surface area (Å²) in [5, 5.41) is 2.10. The number of rotatable bonds is 6. The fourth-order valence-corrected chi connectivity index (χ4v) is 2.88. The number of nitrogens with zero attached hydrogens (tertiary/aromatic N) is 1. The van der Waals surface area contributed by atoms with Gasteiger partial charge in [-0.3, -0.25) is 4.98 Å². The van der Waals surface area contributed by atoms with Crippen molar-refractivity contribution >= 4 is 27.8 Å². The minimum Gasteiger partial charge on any atom is -0.493 e. The molecule has 1 heterocycles. The van der Waals surface area contributed by atoms with Crippen LogP contribution in [0.5, 0.6) is 23.0 Å². The van der Waals surface area contributed by atoms with E-state index in [-0.39, 0.29) is 17.0 Å². The van der Waals surface area contributed by atoms with Crippen LogP contribution in [-0.2, 0) is 6.42 Å². The van der Waals surface area contributed by atoms with Gasteiger partial charge >= 0.3 is 0 Å². The maximum atomic E-state index is 5.43. The molecule has 0 fully saturated rings. The molecule has 0 spiro atoms. The number of ether oxygens (including phenoxy) is 4. The van der Waals surface area contributed by atoms with E-state index in [9.17, 15) is 0 Å². The molecule has 2 aromatic carbocycles. The lowest BCUT2D eigenvalue weighted by molar-refractivity contribution is 0.354. The van der Waals surface area contributed by atoms with Crippen LogP contribution in [0.4, 0.5) is 0 Å². The first kappa shape index (κ1) is 19.8. The monoisotopic (exact) mass is 419 g/mol. The lowest BCUT2D eigenvalue weighted by atomic mass is 10.0. The second-order valence-electron chi connectivity index (χ2n) is 5.55. The quantitative estimate of drug-likeness (QED) is 0.590. The molecule has 138 valence electrons. The molecule has 6 heteroatoms. The van der Waals surface area contributed by atoms with Gasteiger partial charge in [0.15, 0.2) is 23.0 Å². The Bertz CT molecular complexity index is 898. The van der Waals surface area contributed by atoms with Crippen LogP contribution in [0.15, 0.2) is 42.6 Å². The molecular weight excluding hydrogens is 398 g/mol. The van der Waals surface area contributed by atoms with Gasteiger partial charge in [0.1, 0.15) is 0 Å². The van der Waals surface area contributed by atoms with Gasteiger partial charge in [-0.15, -0.1) is 17.0 Å². The van der Waals surface area contributed by atoms with Crippen molar-refractivity contribution in [3.05, 3.63) is 53.9 Å². The summed E-state index contributed by atoms with van der Waals surface area (Å²) in [4.78, 5) is 4.56. The highest BCUT2D eigenvalue weighted by Gasteiger charge is 2.11. The van der Waals surface area contributed by atoms with Crippen molar-refractivity contribution in [1.29, 1.82) is 0 Å². The number of methoxy groups -OCH3 is 4. The summed E-state index contributed by atoms with van der Waals surface area (Å²) in [7, 11) is 6.53. The van der Waals surface area contributed by atoms with Crippen LogP contribution in [0.1, 0.15) is 11.3 Å². The van der Waals surface area contributed by atoms with Crippen LogP contribution >= 0.6 is 17.0 Å². The number of benzene rings is 2. The predicted molar refractivity (Wildman–Crippen MR) is 108 cm³/mol. The van der Waals surface area contributed by atoms with E-state index >= 15 is 0 Å². The van der Waals surface area contributed by atoms with Crippen molar-refractivity contribution in [1.82, 2.24) is 4.98 Å². The maximum absolute atomic E-state index is 5.43. The van der Waals surface area contributed by atoms with Crippen LogP contribution in [-0.4, -0.2) is 33.4 Å². The van der Waals surface area contributed by atoms with Crippen LogP contribution < -0.4 is 18.9 Å². The molecule has 0 saturated heterocycles. The van der Waals surface area contributed by atoms with Crippen molar-refractivity contribution in [3.63, 3.8) is 0 Å². The Labute approximate surface area is 163 Å². The number of aromatic nitrogens is 1. The van der Waals surface area contributed by atoms with E-state index in [1.807, 2.05) is 42.6 Å². The highest BCUT2D eigenvalue weighted by atomic mass is 79.9. The van der Waals surface area contributed by atoms with Gasteiger partial charge in [-0.05, 0) is 41.3 Å². The van der Waals surface area contributed by atoms with Gasteiger partial charge in [-0.1, -0.05) is 6.07 Å². The predicted octanol–water partition coefficient (Wildman–Crippen LogP) is 4.44. The van der Waals surface area contributed by atoms with Gasteiger partial charge in [0, 0.05) is 18.0 Å². The molecule has 0 amide bonds. The summed E-state index contributed by atoms with van der Waals surface area (Å²) in [5.41, 5.74) is 2.05. The molecular formula is C20H22BrNO4. The number of pyridine rings is 1. The minimum atomic E-state index is 0. The molecule has 0 N–H and O–H groups in total. The van der Waals surface area contributed by atoms with Crippen molar-refractivity contribution in [2.45, 2.75) is 6.42 Å². The largest absolute Gasteiger partial charge is 0.493 e. The molecule has 5 nitrogen and oxygen atoms in total. The third kappa shape index (κ3) is 3.85. The summed E-state index contributed by atoms with van der Waals surface area (Å²) >= 11 is 0. The zero-order chi connectivity index (χ0) is 17.8. The van der Waals surface area contributed by atoms with E-state index in [2.05, 4.69) is 4.98 Å². The van der Waals surface area contributed by atoms with Crippen molar-refractivity contribution in [2.24, 2.45) is 0 Å². The summed E-state index contributed by atoms with van der Waals surface area (Å²) in [6.45, 7) is 0. The van der Waals surface area contributed by atoms with E-state index in [1.54, 1.807) is 28.4 Å².